The van der Waals surface area contributed by atoms with Crippen molar-refractivity contribution in [3.63, 3.8) is 0 Å². The van der Waals surface area contributed by atoms with Crippen LogP contribution in [0.2, 0.25) is 0 Å². The first-order valence-corrected chi connectivity index (χ1v) is 4.47. The smallest absolute Gasteiger partial charge is 0.353 e. The molecular weight excluding hydrogens is 175 g/mol. The van der Waals surface area contributed by atoms with Gasteiger partial charge in [0.05, 0.1) is 0 Å². The fourth-order valence-electron chi connectivity index (χ4n) is 0.421. The molecule has 1 unspecified atom stereocenters. The molecule has 66 valence electrons. The number of aliphatic hydroxyl groups is 1. The van der Waals surface area contributed by atoms with E-state index in [1.165, 1.54) is 0 Å². The third-order valence-corrected chi connectivity index (χ3v) is 2.04. The van der Waals surface area contributed by atoms with Gasteiger partial charge in [0, 0.05) is 6.42 Å². The van der Waals surface area contributed by atoms with Crippen LogP contribution in [-0.4, -0.2) is 31.8 Å². The zero-order valence-corrected chi connectivity index (χ0v) is 6.44. The summed E-state index contributed by atoms with van der Waals surface area (Å²) in [6, 6.07) is 0. The number of aliphatic carboxylic acids is 1. The SMILES string of the molecule is O=C(O)CCC(O)P(=O)(O)O. The average Bonchev–Trinajstić information content (AvgIpc) is 1.80. The average molecular weight is 184 g/mol. The van der Waals surface area contributed by atoms with E-state index in [0.717, 1.165) is 0 Å². The Morgan fingerprint density at radius 1 is 1.45 bits per heavy atom. The zero-order chi connectivity index (χ0) is 9.07. The lowest BCUT2D eigenvalue weighted by molar-refractivity contribution is -0.137. The first-order valence-electron chi connectivity index (χ1n) is 2.79. The van der Waals surface area contributed by atoms with Crippen molar-refractivity contribution < 1.29 is 29.4 Å². The largest absolute Gasteiger partial charge is 0.481 e. The van der Waals surface area contributed by atoms with Crippen LogP contribution < -0.4 is 0 Å². The van der Waals surface area contributed by atoms with Crippen LogP contribution in [-0.2, 0) is 9.36 Å². The van der Waals surface area contributed by atoms with E-state index in [0.29, 0.717) is 0 Å². The van der Waals surface area contributed by atoms with Gasteiger partial charge in [-0.3, -0.25) is 9.36 Å². The minimum Gasteiger partial charge on any atom is -0.481 e. The highest BCUT2D eigenvalue weighted by atomic mass is 31.2. The number of hydrogen-bond donors (Lipinski definition) is 4. The fourth-order valence-corrected chi connectivity index (χ4v) is 0.886. The van der Waals surface area contributed by atoms with E-state index in [-0.39, 0.29) is 0 Å². The standard InChI is InChI=1S/C4H9O6P/c5-3(6)1-2-4(7)11(8,9)10/h4,7H,1-2H2,(H,5,6)(H2,8,9,10). The van der Waals surface area contributed by atoms with Crippen LogP contribution in [0.5, 0.6) is 0 Å². The number of carboxylic acids is 1. The molecule has 0 rings (SSSR count). The molecular formula is C4H9O6P. The van der Waals surface area contributed by atoms with E-state index in [9.17, 15) is 9.36 Å². The van der Waals surface area contributed by atoms with Gasteiger partial charge < -0.3 is 20.0 Å². The number of hydrogen-bond acceptors (Lipinski definition) is 3. The second-order valence-electron chi connectivity index (χ2n) is 2.00. The van der Waals surface area contributed by atoms with E-state index in [1.54, 1.807) is 0 Å². The topological polar surface area (TPSA) is 115 Å². The minimum atomic E-state index is -4.52. The molecule has 0 bridgehead atoms. The van der Waals surface area contributed by atoms with Crippen LogP contribution >= 0.6 is 7.60 Å². The van der Waals surface area contributed by atoms with E-state index in [1.807, 2.05) is 0 Å². The maximum Gasteiger partial charge on any atom is 0.353 e. The van der Waals surface area contributed by atoms with Gasteiger partial charge in [0.1, 0.15) is 0 Å². The molecule has 0 aliphatic carbocycles. The second-order valence-corrected chi connectivity index (χ2v) is 3.78. The minimum absolute atomic E-state index is 0.431. The van der Waals surface area contributed by atoms with Gasteiger partial charge in [-0.1, -0.05) is 0 Å². The van der Waals surface area contributed by atoms with Gasteiger partial charge in [0.2, 0.25) is 0 Å². The highest BCUT2D eigenvalue weighted by molar-refractivity contribution is 7.52. The number of rotatable bonds is 4. The van der Waals surface area contributed by atoms with E-state index < -0.39 is 32.3 Å². The Balaban J connectivity index is 3.80. The van der Waals surface area contributed by atoms with E-state index in [4.69, 9.17) is 20.0 Å². The first-order chi connectivity index (χ1) is 4.84. The normalized spacial score (nSPS) is 14.5. The number of aliphatic hydroxyl groups excluding tert-OH is 1. The molecule has 0 saturated heterocycles. The number of carboxylic acid groups (broad SMARTS) is 1. The molecule has 0 spiro atoms. The van der Waals surface area contributed by atoms with Crippen molar-refractivity contribution in [1.29, 1.82) is 0 Å². The highest BCUT2D eigenvalue weighted by Crippen LogP contribution is 2.41. The summed E-state index contributed by atoms with van der Waals surface area (Å²) in [6.45, 7) is 0. The molecule has 11 heavy (non-hydrogen) atoms. The molecule has 4 N–H and O–H groups in total. The highest BCUT2D eigenvalue weighted by Gasteiger charge is 2.26. The summed E-state index contributed by atoms with van der Waals surface area (Å²) in [6.07, 6.45) is -0.883. The molecule has 0 aromatic heterocycles. The molecule has 0 aromatic rings. The van der Waals surface area contributed by atoms with E-state index >= 15 is 0 Å². The van der Waals surface area contributed by atoms with Crippen LogP contribution in [0.3, 0.4) is 0 Å². The molecule has 0 aromatic carbocycles. The summed E-state index contributed by atoms with van der Waals surface area (Å²) in [4.78, 5) is 26.4. The van der Waals surface area contributed by atoms with Gasteiger partial charge in [0.15, 0.2) is 5.85 Å². The molecule has 0 aliphatic heterocycles. The quantitative estimate of drug-likeness (QED) is 0.431. The van der Waals surface area contributed by atoms with Gasteiger partial charge in [-0.05, 0) is 6.42 Å². The summed E-state index contributed by atoms with van der Waals surface area (Å²) >= 11 is 0. The second kappa shape index (κ2) is 3.82. The Bertz CT molecular complexity index is 183. The Morgan fingerprint density at radius 2 is 1.91 bits per heavy atom. The van der Waals surface area contributed by atoms with Crippen molar-refractivity contribution in [2.45, 2.75) is 18.7 Å². The van der Waals surface area contributed by atoms with Crippen LogP contribution in [0.4, 0.5) is 0 Å². The molecule has 6 nitrogen and oxygen atoms in total. The van der Waals surface area contributed by atoms with Crippen molar-refractivity contribution in [3.8, 4) is 0 Å². The summed E-state index contributed by atoms with van der Waals surface area (Å²) in [7, 11) is -4.52. The summed E-state index contributed by atoms with van der Waals surface area (Å²) < 4.78 is 10.2. The van der Waals surface area contributed by atoms with Gasteiger partial charge in [-0.25, -0.2) is 0 Å². The van der Waals surface area contributed by atoms with Gasteiger partial charge in [-0.2, -0.15) is 0 Å². The number of carbonyl (C=O) groups is 1. The lowest BCUT2D eigenvalue weighted by atomic mass is 10.3. The van der Waals surface area contributed by atoms with Crippen LogP contribution in [0.1, 0.15) is 12.8 Å². The Kier molecular flexibility index (Phi) is 3.68. The maximum atomic E-state index is 10.2. The lowest BCUT2D eigenvalue weighted by Crippen LogP contribution is -2.09. The molecule has 0 amide bonds. The Morgan fingerprint density at radius 3 is 2.18 bits per heavy atom. The Hall–Kier alpha value is -0.420. The summed E-state index contributed by atoms with van der Waals surface area (Å²) in [5.41, 5.74) is 0. The van der Waals surface area contributed by atoms with Crippen LogP contribution in [0, 0.1) is 0 Å². The van der Waals surface area contributed by atoms with Gasteiger partial charge in [0.25, 0.3) is 0 Å². The predicted octanol–water partition coefficient (Wildman–Crippen LogP) is -0.653. The third-order valence-electron chi connectivity index (χ3n) is 1.00. The van der Waals surface area contributed by atoms with Crippen molar-refractivity contribution >= 4 is 13.6 Å². The zero-order valence-electron chi connectivity index (χ0n) is 5.54. The Labute approximate surface area is 62.6 Å². The predicted molar refractivity (Wildman–Crippen MR) is 34.9 cm³/mol. The molecule has 0 radical (unpaired) electrons. The third kappa shape index (κ3) is 4.92. The molecule has 0 heterocycles. The maximum absolute atomic E-state index is 10.2. The monoisotopic (exact) mass is 184 g/mol. The van der Waals surface area contributed by atoms with Gasteiger partial charge >= 0.3 is 13.6 Å². The summed E-state index contributed by atoms with van der Waals surface area (Å²) in [5, 5.41) is 16.7. The molecule has 1 atom stereocenters. The van der Waals surface area contributed by atoms with Crippen LogP contribution in [0.15, 0.2) is 0 Å². The van der Waals surface area contributed by atoms with Crippen molar-refractivity contribution in [2.24, 2.45) is 0 Å². The molecule has 0 saturated carbocycles. The van der Waals surface area contributed by atoms with E-state index in [2.05, 4.69) is 0 Å². The van der Waals surface area contributed by atoms with Crippen LogP contribution in [0.25, 0.3) is 0 Å². The molecule has 0 fully saturated rings. The fraction of sp³-hybridized carbons (Fsp3) is 0.750. The molecule has 0 aliphatic rings. The molecule has 7 heteroatoms. The van der Waals surface area contributed by atoms with Crippen molar-refractivity contribution in [2.75, 3.05) is 0 Å². The van der Waals surface area contributed by atoms with Crippen molar-refractivity contribution in [3.05, 3.63) is 0 Å². The van der Waals surface area contributed by atoms with Crippen molar-refractivity contribution in [1.82, 2.24) is 0 Å². The summed E-state index contributed by atoms with van der Waals surface area (Å²) in [5.74, 6) is -3.06. The van der Waals surface area contributed by atoms with Gasteiger partial charge in [-0.15, -0.1) is 0 Å². The lowest BCUT2D eigenvalue weighted by Gasteiger charge is -2.09. The first kappa shape index (κ1) is 10.6.